The summed E-state index contributed by atoms with van der Waals surface area (Å²) in [6, 6.07) is 0. The van der Waals surface area contributed by atoms with Gasteiger partial charge in [-0.15, -0.1) is 0 Å². The highest BCUT2D eigenvalue weighted by atomic mass is 32.2. The molecule has 1 fully saturated rings. The first kappa shape index (κ1) is 10.9. The van der Waals surface area contributed by atoms with Crippen LogP contribution in [0.25, 0.3) is 0 Å². The van der Waals surface area contributed by atoms with E-state index < -0.39 is 21.7 Å². The van der Waals surface area contributed by atoms with Gasteiger partial charge in [0, 0.05) is 19.6 Å². The molecular formula is C6H14N2O4S. The summed E-state index contributed by atoms with van der Waals surface area (Å²) in [6.07, 6.45) is -0.856. The Labute approximate surface area is 77.3 Å². The molecule has 6 nitrogen and oxygen atoms in total. The highest BCUT2D eigenvalue weighted by molar-refractivity contribution is 7.86. The summed E-state index contributed by atoms with van der Waals surface area (Å²) < 4.78 is 30.3. The smallest absolute Gasteiger partial charge is 0.281 e. The van der Waals surface area contributed by atoms with Gasteiger partial charge in [0.2, 0.25) is 0 Å². The van der Waals surface area contributed by atoms with E-state index in [2.05, 4.69) is 5.32 Å². The van der Waals surface area contributed by atoms with Gasteiger partial charge >= 0.3 is 0 Å². The summed E-state index contributed by atoms with van der Waals surface area (Å²) in [7, 11) is -4.10. The number of nitrogens with zero attached hydrogens (tertiary/aromatic N) is 1. The molecule has 0 aromatic heterocycles. The van der Waals surface area contributed by atoms with Crippen LogP contribution in [-0.4, -0.2) is 54.2 Å². The third-order valence-electron chi connectivity index (χ3n) is 2.15. The number of nitrogens with one attached hydrogen (secondary N) is 1. The third-order valence-corrected chi connectivity index (χ3v) is 3.29. The molecule has 2 atom stereocenters. The van der Waals surface area contributed by atoms with Gasteiger partial charge in [0.05, 0.1) is 0 Å². The summed E-state index contributed by atoms with van der Waals surface area (Å²) in [5, 5.41) is 11.2. The van der Waals surface area contributed by atoms with Crippen molar-refractivity contribution in [2.24, 2.45) is 0 Å². The van der Waals surface area contributed by atoms with Gasteiger partial charge in [0.25, 0.3) is 10.1 Å². The molecule has 78 valence electrons. The molecule has 0 bridgehead atoms. The molecule has 1 aliphatic rings. The molecule has 0 radical (unpaired) electrons. The van der Waals surface area contributed by atoms with Crippen LogP contribution in [0.1, 0.15) is 6.92 Å². The van der Waals surface area contributed by atoms with Crippen LogP contribution in [0.15, 0.2) is 0 Å². The highest BCUT2D eigenvalue weighted by Crippen LogP contribution is 2.10. The van der Waals surface area contributed by atoms with Crippen LogP contribution in [0.5, 0.6) is 0 Å². The molecule has 1 heterocycles. The van der Waals surface area contributed by atoms with E-state index in [1.54, 1.807) is 0 Å². The fourth-order valence-electron chi connectivity index (χ4n) is 1.30. The van der Waals surface area contributed by atoms with Crippen molar-refractivity contribution in [2.45, 2.75) is 18.5 Å². The molecule has 0 aromatic carbocycles. The number of β-amino-alcohol motifs (C(OH)–C–C–N with tert-alkyl or cyclic N) is 1. The highest BCUT2D eigenvalue weighted by Gasteiger charge is 2.31. The van der Waals surface area contributed by atoms with Gasteiger partial charge in [-0.1, -0.05) is 0 Å². The Bertz CT molecular complexity index is 266. The Hall–Kier alpha value is -0.210. The molecule has 0 saturated carbocycles. The first-order valence-electron chi connectivity index (χ1n) is 4.04. The van der Waals surface area contributed by atoms with Gasteiger partial charge in [-0.25, -0.2) is 0 Å². The van der Waals surface area contributed by atoms with E-state index in [1.165, 1.54) is 11.8 Å². The number of aliphatic hydroxyl groups is 1. The van der Waals surface area contributed by atoms with Crippen LogP contribution in [0.3, 0.4) is 0 Å². The second kappa shape index (κ2) is 3.89. The minimum absolute atomic E-state index is 0.319. The van der Waals surface area contributed by atoms with Crippen molar-refractivity contribution < 1.29 is 18.1 Å². The number of hydrogen-bond donors (Lipinski definition) is 3. The summed E-state index contributed by atoms with van der Waals surface area (Å²) >= 11 is 0. The van der Waals surface area contributed by atoms with Crippen molar-refractivity contribution in [3.8, 4) is 0 Å². The minimum Gasteiger partial charge on any atom is -0.377 e. The molecule has 0 aromatic rings. The Kier molecular flexibility index (Phi) is 3.25. The maximum absolute atomic E-state index is 10.8. The van der Waals surface area contributed by atoms with Crippen molar-refractivity contribution in [1.29, 1.82) is 0 Å². The van der Waals surface area contributed by atoms with Gasteiger partial charge in [-0.2, -0.15) is 8.42 Å². The molecule has 0 spiro atoms. The average Bonchev–Trinajstić information content (AvgIpc) is 2.02. The zero-order chi connectivity index (χ0) is 10.1. The lowest BCUT2D eigenvalue weighted by molar-refractivity contribution is -0.0198. The average molecular weight is 210 g/mol. The van der Waals surface area contributed by atoms with E-state index in [-0.39, 0.29) is 0 Å². The van der Waals surface area contributed by atoms with Crippen LogP contribution in [0.2, 0.25) is 0 Å². The van der Waals surface area contributed by atoms with Crippen molar-refractivity contribution >= 4 is 10.1 Å². The van der Waals surface area contributed by atoms with Gasteiger partial charge in [0.1, 0.15) is 11.6 Å². The normalized spacial score (nSPS) is 28.7. The second-order valence-corrected chi connectivity index (χ2v) is 4.75. The number of rotatable bonds is 2. The van der Waals surface area contributed by atoms with E-state index in [1.807, 2.05) is 0 Å². The number of piperazine rings is 1. The van der Waals surface area contributed by atoms with Crippen LogP contribution >= 0.6 is 0 Å². The zero-order valence-corrected chi connectivity index (χ0v) is 8.16. The van der Waals surface area contributed by atoms with Gasteiger partial charge in [0.15, 0.2) is 0 Å². The van der Waals surface area contributed by atoms with Crippen LogP contribution in [-0.2, 0) is 10.1 Å². The lowest BCUT2D eigenvalue weighted by atomic mass is 10.3. The molecule has 7 heteroatoms. The van der Waals surface area contributed by atoms with Crippen molar-refractivity contribution in [2.75, 3.05) is 19.6 Å². The number of hydrogen-bond acceptors (Lipinski definition) is 5. The van der Waals surface area contributed by atoms with Gasteiger partial charge < -0.3 is 10.4 Å². The van der Waals surface area contributed by atoms with Crippen LogP contribution in [0, 0.1) is 0 Å². The van der Waals surface area contributed by atoms with Crippen molar-refractivity contribution in [1.82, 2.24) is 10.2 Å². The van der Waals surface area contributed by atoms with Gasteiger partial charge in [-0.05, 0) is 6.92 Å². The lowest BCUT2D eigenvalue weighted by Crippen LogP contribution is -2.56. The van der Waals surface area contributed by atoms with Crippen molar-refractivity contribution in [3.05, 3.63) is 0 Å². The molecule has 0 aliphatic carbocycles. The molecule has 0 amide bonds. The first-order valence-corrected chi connectivity index (χ1v) is 5.54. The molecule has 3 N–H and O–H groups in total. The molecule has 2 unspecified atom stereocenters. The second-order valence-electron chi connectivity index (χ2n) is 3.04. The standard InChI is InChI=1S/C6H14N2O4S/c1-5(13(10,11)12)8-3-2-7-4-6(8)9/h5-7,9H,2-4H2,1H3,(H,10,11,12). The van der Waals surface area contributed by atoms with E-state index in [0.29, 0.717) is 19.6 Å². The molecule has 1 saturated heterocycles. The zero-order valence-electron chi connectivity index (χ0n) is 7.34. The third kappa shape index (κ3) is 2.61. The molecule has 13 heavy (non-hydrogen) atoms. The predicted molar refractivity (Wildman–Crippen MR) is 46.6 cm³/mol. The van der Waals surface area contributed by atoms with Crippen LogP contribution < -0.4 is 5.32 Å². The van der Waals surface area contributed by atoms with E-state index in [4.69, 9.17) is 4.55 Å². The Morgan fingerprint density at radius 2 is 2.23 bits per heavy atom. The summed E-state index contributed by atoms with van der Waals surface area (Å²) in [4.78, 5) is 1.34. The Morgan fingerprint density at radius 3 is 2.69 bits per heavy atom. The summed E-state index contributed by atoms with van der Waals surface area (Å²) in [6.45, 7) is 2.68. The summed E-state index contributed by atoms with van der Waals surface area (Å²) in [5.74, 6) is 0. The largest absolute Gasteiger partial charge is 0.377 e. The van der Waals surface area contributed by atoms with E-state index in [9.17, 15) is 13.5 Å². The molecule has 1 aliphatic heterocycles. The number of aliphatic hydroxyl groups excluding tert-OH is 1. The lowest BCUT2D eigenvalue weighted by Gasteiger charge is -2.35. The fraction of sp³-hybridized carbons (Fsp3) is 1.00. The van der Waals surface area contributed by atoms with Crippen molar-refractivity contribution in [3.63, 3.8) is 0 Å². The molecular weight excluding hydrogens is 196 g/mol. The minimum atomic E-state index is -4.10. The Morgan fingerprint density at radius 1 is 1.62 bits per heavy atom. The maximum atomic E-state index is 10.8. The molecule has 1 rings (SSSR count). The Balaban J connectivity index is 2.70. The van der Waals surface area contributed by atoms with Crippen LogP contribution in [0.4, 0.5) is 0 Å². The summed E-state index contributed by atoms with van der Waals surface area (Å²) in [5.41, 5.74) is 0. The quantitative estimate of drug-likeness (QED) is 0.478. The topological polar surface area (TPSA) is 89.9 Å². The SMILES string of the molecule is CC(N1CCNCC1O)S(=O)(=O)O. The van der Waals surface area contributed by atoms with E-state index >= 15 is 0 Å². The first-order chi connectivity index (χ1) is 5.93. The maximum Gasteiger partial charge on any atom is 0.281 e. The predicted octanol–water partition coefficient (Wildman–Crippen LogP) is -1.56. The van der Waals surface area contributed by atoms with E-state index in [0.717, 1.165) is 0 Å². The monoisotopic (exact) mass is 210 g/mol. The fourth-order valence-corrected chi connectivity index (χ4v) is 1.89. The van der Waals surface area contributed by atoms with Gasteiger partial charge in [-0.3, -0.25) is 9.45 Å².